The molecule has 0 saturated heterocycles. The van der Waals surface area contributed by atoms with Crippen LogP contribution in [0.4, 0.5) is 5.69 Å². The van der Waals surface area contributed by atoms with Gasteiger partial charge in [0.05, 0.1) is 43.7 Å². The largest absolute Gasteiger partial charge is 0.491 e. The number of carboxylic acids is 1. The van der Waals surface area contributed by atoms with Crippen LogP contribution in [0, 0.1) is 13.8 Å². The summed E-state index contributed by atoms with van der Waals surface area (Å²) in [5.41, 5.74) is 10.1. The summed E-state index contributed by atoms with van der Waals surface area (Å²) in [6, 6.07) is 12.9. The Kier molecular flexibility index (Phi) is 5.62. The van der Waals surface area contributed by atoms with E-state index in [9.17, 15) is 4.79 Å². The number of hydrogen-bond donors (Lipinski definition) is 2. The smallest absolute Gasteiger partial charge is 0.304 e. The summed E-state index contributed by atoms with van der Waals surface area (Å²) >= 11 is 0. The molecule has 2 N–H and O–H groups in total. The van der Waals surface area contributed by atoms with Crippen molar-refractivity contribution in [3.63, 3.8) is 0 Å². The number of pyridine rings is 1. The van der Waals surface area contributed by atoms with E-state index in [-0.39, 0.29) is 18.4 Å². The van der Waals surface area contributed by atoms with Crippen LogP contribution in [-0.4, -0.2) is 42.9 Å². The highest BCUT2D eigenvalue weighted by molar-refractivity contribution is 5.78. The van der Waals surface area contributed by atoms with Crippen LogP contribution in [0.15, 0.2) is 42.6 Å². The van der Waals surface area contributed by atoms with Crippen molar-refractivity contribution in [2.75, 3.05) is 11.9 Å². The molecule has 9 heteroatoms. The normalized spacial score (nSPS) is 17.8. The lowest BCUT2D eigenvalue weighted by Crippen LogP contribution is -2.09. The Bertz CT molecular complexity index is 1510. The van der Waals surface area contributed by atoms with Crippen LogP contribution >= 0.6 is 0 Å². The molecule has 2 aliphatic rings. The average Bonchev–Trinajstić information content (AvgIpc) is 3.58. The van der Waals surface area contributed by atoms with Crippen molar-refractivity contribution < 1.29 is 14.6 Å². The van der Waals surface area contributed by atoms with E-state index >= 15 is 0 Å². The lowest BCUT2D eigenvalue weighted by Gasteiger charge is -2.18. The second kappa shape index (κ2) is 8.99. The molecule has 2 aromatic carbocycles. The highest BCUT2D eigenvalue weighted by Crippen LogP contribution is 2.43. The molecule has 188 valence electrons. The van der Waals surface area contributed by atoms with E-state index in [4.69, 9.17) is 9.84 Å². The topological polar surface area (TPSA) is 115 Å². The third-order valence-electron chi connectivity index (χ3n) is 7.31. The number of tetrazole rings is 1. The molecule has 0 amide bonds. The van der Waals surface area contributed by atoms with Crippen molar-refractivity contribution >= 4 is 11.7 Å². The van der Waals surface area contributed by atoms with Gasteiger partial charge >= 0.3 is 5.97 Å². The zero-order valence-corrected chi connectivity index (χ0v) is 21.0. The van der Waals surface area contributed by atoms with Gasteiger partial charge in [0.25, 0.3) is 0 Å². The Morgan fingerprint density at radius 2 is 2.03 bits per heavy atom. The maximum absolute atomic E-state index is 11.1. The number of rotatable bonds is 6. The van der Waals surface area contributed by atoms with Crippen LogP contribution in [0.1, 0.15) is 52.7 Å². The molecule has 0 bridgehead atoms. The summed E-state index contributed by atoms with van der Waals surface area (Å²) in [5.74, 6) is 0.268. The first-order chi connectivity index (χ1) is 17.9. The Labute approximate surface area is 214 Å². The zero-order valence-electron chi connectivity index (χ0n) is 21.0. The second-order valence-corrected chi connectivity index (χ2v) is 9.91. The van der Waals surface area contributed by atoms with Gasteiger partial charge in [-0.1, -0.05) is 18.2 Å². The Hall–Kier alpha value is -4.27. The van der Waals surface area contributed by atoms with E-state index in [1.165, 1.54) is 38.2 Å². The van der Waals surface area contributed by atoms with E-state index in [0.717, 1.165) is 29.8 Å². The van der Waals surface area contributed by atoms with Crippen molar-refractivity contribution in [2.45, 2.75) is 45.1 Å². The first-order valence-electron chi connectivity index (χ1n) is 12.5. The number of carboxylic acid groups (broad SMARTS) is 1. The summed E-state index contributed by atoms with van der Waals surface area (Å²) in [4.78, 5) is 17.2. The molecular weight excluding hydrogens is 468 g/mol. The molecular formula is C28H28N6O3. The number of anilines is 1. The number of fused-ring (bicyclic) bond motifs is 2. The predicted molar refractivity (Wildman–Crippen MR) is 139 cm³/mol. The molecule has 0 spiro atoms. The van der Waals surface area contributed by atoms with Gasteiger partial charge in [0.15, 0.2) is 0 Å². The van der Waals surface area contributed by atoms with Gasteiger partial charge in [-0.05, 0) is 77.4 Å². The van der Waals surface area contributed by atoms with Crippen LogP contribution in [0.25, 0.3) is 22.5 Å². The van der Waals surface area contributed by atoms with E-state index in [1.807, 2.05) is 6.07 Å². The fourth-order valence-electron chi connectivity index (χ4n) is 5.75. The number of aryl methyl sites for hydroxylation is 3. The average molecular weight is 497 g/mol. The van der Waals surface area contributed by atoms with Crippen molar-refractivity contribution in [3.8, 4) is 28.3 Å². The number of aromatic nitrogens is 5. The van der Waals surface area contributed by atoms with Crippen LogP contribution in [0.3, 0.4) is 0 Å². The summed E-state index contributed by atoms with van der Waals surface area (Å²) in [5, 5.41) is 25.3. The highest BCUT2D eigenvalue weighted by Gasteiger charge is 2.30. The molecule has 4 aromatic rings. The van der Waals surface area contributed by atoms with Crippen molar-refractivity contribution in [2.24, 2.45) is 7.05 Å². The fraction of sp³-hybridized carbons (Fsp3) is 0.321. The molecule has 0 radical (unpaired) electrons. The summed E-state index contributed by atoms with van der Waals surface area (Å²) in [7, 11) is 1.77. The molecule has 0 saturated carbocycles. The van der Waals surface area contributed by atoms with Crippen molar-refractivity contribution in [3.05, 3.63) is 70.5 Å². The number of hydrogen-bond acceptors (Lipinski definition) is 7. The minimum Gasteiger partial charge on any atom is -0.491 e. The lowest BCUT2D eigenvalue weighted by molar-refractivity contribution is -0.137. The molecule has 0 unspecified atom stereocenters. The standard InChI is InChI=1S/C28H28N6O3/c1-15-9-17(28-31-33-34(3)32-28)10-16(2)26(15)22-6-4-5-21-20(22)7-8-23(21)30-19-12-24-27(29-13-19)18(14-37-24)11-25(35)36/h4-6,9-10,12-13,18,23,30H,7-8,11,14H2,1-3H3,(H,35,36)/t18-,23-/m1/s1. The Morgan fingerprint density at radius 1 is 1.22 bits per heavy atom. The Balaban J connectivity index is 1.28. The first kappa shape index (κ1) is 23.1. The quantitative estimate of drug-likeness (QED) is 0.398. The molecule has 0 fully saturated rings. The maximum atomic E-state index is 11.1. The van der Waals surface area contributed by atoms with E-state index in [0.29, 0.717) is 18.2 Å². The predicted octanol–water partition coefficient (Wildman–Crippen LogP) is 4.61. The molecule has 1 aliphatic heterocycles. The van der Waals surface area contributed by atoms with Crippen LogP contribution in [0.5, 0.6) is 5.75 Å². The van der Waals surface area contributed by atoms with Gasteiger partial charge in [0.2, 0.25) is 5.82 Å². The highest BCUT2D eigenvalue weighted by atomic mass is 16.5. The molecule has 37 heavy (non-hydrogen) atoms. The van der Waals surface area contributed by atoms with Gasteiger partial charge < -0.3 is 15.2 Å². The fourth-order valence-corrected chi connectivity index (χ4v) is 5.75. The Morgan fingerprint density at radius 3 is 2.76 bits per heavy atom. The van der Waals surface area contributed by atoms with E-state index < -0.39 is 5.97 Å². The van der Waals surface area contributed by atoms with Crippen LogP contribution < -0.4 is 10.1 Å². The molecule has 2 atom stereocenters. The number of nitrogens with zero attached hydrogens (tertiary/aromatic N) is 5. The molecule has 2 aromatic heterocycles. The summed E-state index contributed by atoms with van der Waals surface area (Å²) in [6.07, 6.45) is 3.77. The number of benzene rings is 2. The monoisotopic (exact) mass is 496 g/mol. The third-order valence-corrected chi connectivity index (χ3v) is 7.31. The van der Waals surface area contributed by atoms with Gasteiger partial charge in [-0.25, -0.2) is 0 Å². The molecule has 1 aliphatic carbocycles. The van der Waals surface area contributed by atoms with E-state index in [1.54, 1.807) is 13.2 Å². The second-order valence-electron chi connectivity index (χ2n) is 9.91. The summed E-state index contributed by atoms with van der Waals surface area (Å²) in [6.45, 7) is 4.64. The van der Waals surface area contributed by atoms with Crippen LogP contribution in [0.2, 0.25) is 0 Å². The molecule has 9 nitrogen and oxygen atoms in total. The molecule has 6 rings (SSSR count). The number of ether oxygens (including phenoxy) is 1. The van der Waals surface area contributed by atoms with Crippen molar-refractivity contribution in [1.82, 2.24) is 25.2 Å². The van der Waals surface area contributed by atoms with Gasteiger partial charge in [0.1, 0.15) is 5.75 Å². The maximum Gasteiger partial charge on any atom is 0.304 e. The SMILES string of the molecule is Cc1cc(-c2nnn(C)n2)cc(C)c1-c1cccc2c1CC[C@H]2Nc1cnc2c(c1)OC[C@H]2CC(=O)O. The number of carbonyl (C=O) groups is 1. The third kappa shape index (κ3) is 4.20. The van der Waals surface area contributed by atoms with E-state index in [2.05, 4.69) is 69.9 Å². The van der Waals surface area contributed by atoms with Crippen molar-refractivity contribution in [1.29, 1.82) is 0 Å². The first-order valence-corrected chi connectivity index (χ1v) is 12.5. The number of nitrogens with one attached hydrogen (secondary N) is 1. The van der Waals surface area contributed by atoms with Gasteiger partial charge in [-0.2, -0.15) is 4.80 Å². The minimum atomic E-state index is -0.839. The zero-order chi connectivity index (χ0) is 25.7. The number of aliphatic carboxylic acids is 1. The van der Waals surface area contributed by atoms with Gasteiger partial charge in [-0.15, -0.1) is 10.2 Å². The van der Waals surface area contributed by atoms with Gasteiger partial charge in [0, 0.05) is 17.5 Å². The van der Waals surface area contributed by atoms with Gasteiger partial charge in [-0.3, -0.25) is 9.78 Å². The van der Waals surface area contributed by atoms with Crippen LogP contribution in [-0.2, 0) is 18.3 Å². The minimum absolute atomic E-state index is 0.0284. The summed E-state index contributed by atoms with van der Waals surface area (Å²) < 4.78 is 5.75. The lowest BCUT2D eigenvalue weighted by atomic mass is 9.89. The molecule has 3 heterocycles.